The summed E-state index contributed by atoms with van der Waals surface area (Å²) in [5.74, 6) is -0.930. The normalized spacial score (nSPS) is 15.8. The third kappa shape index (κ3) is 4.61. The smallest absolute Gasteiger partial charge is 0.263 e. The Hall–Kier alpha value is -4.30. The minimum atomic E-state index is -0.333. The zero-order chi connectivity index (χ0) is 27.1. The van der Waals surface area contributed by atoms with E-state index in [1.54, 1.807) is 29.7 Å². The number of fused-ring (bicyclic) bond motifs is 2. The highest BCUT2D eigenvalue weighted by molar-refractivity contribution is 6.23. The Morgan fingerprint density at radius 2 is 1.67 bits per heavy atom. The average Bonchev–Trinajstić information content (AvgIpc) is 3.43. The van der Waals surface area contributed by atoms with Crippen LogP contribution in [-0.2, 0) is 13.0 Å². The number of carbonyl (C=O) groups excluding carboxylic acids is 3. The van der Waals surface area contributed by atoms with Gasteiger partial charge in [-0.3, -0.25) is 28.8 Å². The van der Waals surface area contributed by atoms with Crippen molar-refractivity contribution in [2.45, 2.75) is 19.9 Å². The maximum atomic E-state index is 13.6. The van der Waals surface area contributed by atoms with Crippen LogP contribution in [0.3, 0.4) is 0 Å². The molecule has 1 saturated heterocycles. The van der Waals surface area contributed by atoms with Crippen LogP contribution in [0.1, 0.15) is 43.6 Å². The molecule has 0 radical (unpaired) electrons. The molecule has 0 unspecified atom stereocenters. The molecule has 0 bridgehead atoms. The molecule has 1 fully saturated rings. The number of imide groups is 1. The number of amides is 2. The van der Waals surface area contributed by atoms with Gasteiger partial charge in [0.25, 0.3) is 11.8 Å². The van der Waals surface area contributed by atoms with Gasteiger partial charge in [-0.15, -0.1) is 0 Å². The van der Waals surface area contributed by atoms with Crippen LogP contribution in [0.25, 0.3) is 10.9 Å². The van der Waals surface area contributed by atoms with E-state index < -0.39 is 0 Å². The number of nitrogens with zero attached hydrogens (tertiary/aromatic N) is 4. The van der Waals surface area contributed by atoms with Gasteiger partial charge in [0.05, 0.1) is 22.3 Å². The summed E-state index contributed by atoms with van der Waals surface area (Å²) >= 11 is 0. The maximum Gasteiger partial charge on any atom is 0.263 e. The zero-order valence-electron chi connectivity index (χ0n) is 21.8. The van der Waals surface area contributed by atoms with Crippen LogP contribution in [0, 0.1) is 5.82 Å². The molecule has 3 aromatic carbocycles. The van der Waals surface area contributed by atoms with E-state index in [2.05, 4.69) is 15.9 Å². The Balaban J connectivity index is 1.15. The van der Waals surface area contributed by atoms with Crippen molar-refractivity contribution in [2.75, 3.05) is 37.6 Å². The summed E-state index contributed by atoms with van der Waals surface area (Å²) in [4.78, 5) is 44.5. The number of hydrogen-bond donors (Lipinski definition) is 0. The van der Waals surface area contributed by atoms with Crippen LogP contribution in [0.15, 0.2) is 72.9 Å². The van der Waals surface area contributed by atoms with Crippen molar-refractivity contribution < 1.29 is 18.8 Å². The molecule has 198 valence electrons. The van der Waals surface area contributed by atoms with E-state index in [1.165, 1.54) is 17.0 Å². The minimum Gasteiger partial charge on any atom is -0.368 e. The van der Waals surface area contributed by atoms with E-state index in [1.807, 2.05) is 36.5 Å². The molecule has 39 heavy (non-hydrogen) atoms. The lowest BCUT2D eigenvalue weighted by Crippen LogP contribution is -2.46. The van der Waals surface area contributed by atoms with Crippen molar-refractivity contribution in [3.8, 4) is 0 Å². The fourth-order valence-corrected chi connectivity index (χ4v) is 5.74. The number of hydrogen-bond acceptors (Lipinski definition) is 5. The van der Waals surface area contributed by atoms with Gasteiger partial charge in [0.2, 0.25) is 5.91 Å². The highest BCUT2D eigenvalue weighted by Gasteiger charge is 2.38. The third-order valence-electron chi connectivity index (χ3n) is 7.73. The van der Waals surface area contributed by atoms with Gasteiger partial charge >= 0.3 is 0 Å². The van der Waals surface area contributed by atoms with Crippen LogP contribution in [0.4, 0.5) is 10.1 Å². The van der Waals surface area contributed by atoms with Crippen molar-refractivity contribution in [1.82, 2.24) is 14.4 Å². The van der Waals surface area contributed by atoms with Crippen LogP contribution in [0.2, 0.25) is 0 Å². The van der Waals surface area contributed by atoms with E-state index in [0.29, 0.717) is 30.6 Å². The molecule has 1 aromatic heterocycles. The van der Waals surface area contributed by atoms with Gasteiger partial charge in [-0.2, -0.15) is 0 Å². The van der Waals surface area contributed by atoms with E-state index in [9.17, 15) is 18.8 Å². The second kappa shape index (κ2) is 10.1. The number of benzene rings is 3. The number of piperazine rings is 1. The lowest BCUT2D eigenvalue weighted by Gasteiger charge is -2.36. The molecule has 6 rings (SSSR count). The molecule has 0 spiro atoms. The lowest BCUT2D eigenvalue weighted by atomic mass is 10.1. The van der Waals surface area contributed by atoms with Gasteiger partial charge in [0, 0.05) is 57.8 Å². The fourth-order valence-electron chi connectivity index (χ4n) is 5.74. The largest absolute Gasteiger partial charge is 0.368 e. The summed E-state index contributed by atoms with van der Waals surface area (Å²) in [5, 5.41) is 1.08. The second-order valence-corrected chi connectivity index (χ2v) is 10.2. The Morgan fingerprint density at radius 3 is 2.44 bits per heavy atom. The van der Waals surface area contributed by atoms with E-state index in [-0.39, 0.29) is 30.1 Å². The van der Waals surface area contributed by atoms with E-state index >= 15 is 0 Å². The first-order valence-corrected chi connectivity index (χ1v) is 13.2. The Bertz CT molecular complexity index is 1600. The number of para-hydroxylation sites is 1. The molecule has 3 heterocycles. The molecule has 0 aliphatic carbocycles. The minimum absolute atomic E-state index is 0.00982. The SMILES string of the molecule is CC(=O)n1cc(CN2CCN(c3cccc4c3C(=O)N(CCc3cccc(F)c3)C4=O)CC2)c2ccccc21. The van der Waals surface area contributed by atoms with Crippen LogP contribution >= 0.6 is 0 Å². The van der Waals surface area contributed by atoms with Gasteiger partial charge in [0.15, 0.2) is 0 Å². The molecule has 2 aliphatic heterocycles. The van der Waals surface area contributed by atoms with Gasteiger partial charge in [-0.25, -0.2) is 4.39 Å². The predicted octanol–water partition coefficient (Wildman–Crippen LogP) is 4.60. The molecule has 0 N–H and O–H groups in total. The molecule has 2 amide bonds. The average molecular weight is 525 g/mol. The Kier molecular flexibility index (Phi) is 6.48. The molecule has 0 saturated carbocycles. The van der Waals surface area contributed by atoms with E-state index in [0.717, 1.165) is 47.4 Å². The first-order chi connectivity index (χ1) is 18.9. The highest BCUT2D eigenvalue weighted by Crippen LogP contribution is 2.33. The standard InChI is InChI=1S/C31H29FN4O3/c1-21(37)36-20-23(25-8-2-3-10-27(25)36)19-33-14-16-34(17-15-33)28-11-5-9-26-29(28)31(39)35(30(26)38)13-12-22-6-4-7-24(32)18-22/h2-11,18,20H,12-17,19H2,1H3. The van der Waals surface area contributed by atoms with Crippen LogP contribution < -0.4 is 4.90 Å². The molecular formula is C31H29FN4O3. The molecule has 7 nitrogen and oxygen atoms in total. The fraction of sp³-hybridized carbons (Fsp3) is 0.258. The zero-order valence-corrected chi connectivity index (χ0v) is 21.8. The molecular weight excluding hydrogens is 495 g/mol. The first kappa shape index (κ1) is 25.0. The molecule has 0 atom stereocenters. The summed E-state index contributed by atoms with van der Waals surface area (Å²) < 4.78 is 15.3. The van der Waals surface area contributed by atoms with Crippen LogP contribution in [-0.4, -0.2) is 64.8 Å². The summed E-state index contributed by atoms with van der Waals surface area (Å²) in [6.45, 7) is 5.51. The van der Waals surface area contributed by atoms with Crippen molar-refractivity contribution in [3.05, 3.63) is 101 Å². The number of aromatic nitrogens is 1. The van der Waals surface area contributed by atoms with Gasteiger partial charge < -0.3 is 4.90 Å². The first-order valence-electron chi connectivity index (χ1n) is 13.2. The summed E-state index contributed by atoms with van der Waals surface area (Å²) in [6.07, 6.45) is 2.34. The third-order valence-corrected chi connectivity index (χ3v) is 7.73. The topological polar surface area (TPSA) is 65.9 Å². The molecule has 2 aliphatic rings. The second-order valence-electron chi connectivity index (χ2n) is 10.2. The number of anilines is 1. The van der Waals surface area contributed by atoms with Crippen molar-refractivity contribution in [1.29, 1.82) is 0 Å². The highest BCUT2D eigenvalue weighted by atomic mass is 19.1. The maximum absolute atomic E-state index is 13.6. The summed E-state index contributed by atoms with van der Waals surface area (Å²) in [5.41, 5.74) is 4.45. The predicted molar refractivity (Wildman–Crippen MR) is 148 cm³/mol. The van der Waals surface area contributed by atoms with Crippen LogP contribution in [0.5, 0.6) is 0 Å². The van der Waals surface area contributed by atoms with Crippen molar-refractivity contribution in [2.24, 2.45) is 0 Å². The molecule has 4 aromatic rings. The van der Waals surface area contributed by atoms with Gasteiger partial charge in [-0.1, -0.05) is 36.4 Å². The number of halogens is 1. The molecule has 8 heteroatoms. The summed E-state index contributed by atoms with van der Waals surface area (Å²) in [7, 11) is 0. The summed E-state index contributed by atoms with van der Waals surface area (Å²) in [6, 6.07) is 19.6. The van der Waals surface area contributed by atoms with Gasteiger partial charge in [0.1, 0.15) is 5.82 Å². The number of rotatable bonds is 6. The quantitative estimate of drug-likeness (QED) is 0.345. The number of carbonyl (C=O) groups is 3. The Morgan fingerprint density at radius 1 is 0.897 bits per heavy atom. The lowest BCUT2D eigenvalue weighted by molar-refractivity contribution is 0.0656. The van der Waals surface area contributed by atoms with Crippen molar-refractivity contribution >= 4 is 34.3 Å². The van der Waals surface area contributed by atoms with Crippen molar-refractivity contribution in [3.63, 3.8) is 0 Å². The van der Waals surface area contributed by atoms with E-state index in [4.69, 9.17) is 0 Å². The monoisotopic (exact) mass is 524 g/mol. The Labute approximate surface area is 226 Å². The van der Waals surface area contributed by atoms with Gasteiger partial charge in [-0.05, 0) is 47.9 Å².